The Morgan fingerprint density at radius 1 is 1.20 bits per heavy atom. The van der Waals surface area contributed by atoms with Crippen LogP contribution in [0.25, 0.3) is 0 Å². The minimum Gasteiger partial charge on any atom is -0.494 e. The number of anilines is 1. The van der Waals surface area contributed by atoms with Crippen LogP contribution in [-0.4, -0.2) is 40.7 Å². The van der Waals surface area contributed by atoms with E-state index in [4.69, 9.17) is 9.88 Å². The Labute approximate surface area is 176 Å². The van der Waals surface area contributed by atoms with E-state index in [2.05, 4.69) is 10.6 Å². The molecule has 1 unspecified atom stereocenters. The molecule has 0 aliphatic carbocycles. The highest BCUT2D eigenvalue weighted by Crippen LogP contribution is 2.51. The molecule has 1 saturated heterocycles. The third-order valence-corrected chi connectivity index (χ3v) is 7.47. The van der Waals surface area contributed by atoms with Crippen LogP contribution in [0.5, 0.6) is 5.75 Å². The quantitative estimate of drug-likeness (QED) is 0.644. The smallest absolute Gasteiger partial charge is 0.442 e. The van der Waals surface area contributed by atoms with Crippen molar-refractivity contribution in [3.63, 3.8) is 0 Å². The number of fused-ring (bicyclic) bond motifs is 2. The summed E-state index contributed by atoms with van der Waals surface area (Å²) in [6.07, 6.45) is 1.49. The first kappa shape index (κ1) is 20.8. The van der Waals surface area contributed by atoms with Gasteiger partial charge in [0.1, 0.15) is 12.3 Å². The maximum atomic E-state index is 13.6. The Hall–Kier alpha value is -2.46. The van der Waals surface area contributed by atoms with Gasteiger partial charge < -0.3 is 10.1 Å². The molecule has 160 valence electrons. The van der Waals surface area contributed by atoms with Crippen LogP contribution < -0.4 is 24.4 Å². The summed E-state index contributed by atoms with van der Waals surface area (Å²) in [6.45, 7) is 3.96. The number of nitrogens with zero attached hydrogens (tertiary/aromatic N) is 1. The number of hydrogen-bond acceptors (Lipinski definition) is 5. The number of quaternary nitrogens is 1. The molecular weight excluding hydrogens is 404 g/mol. The number of benzene rings is 2. The van der Waals surface area contributed by atoms with Gasteiger partial charge in [0.2, 0.25) is 0 Å². The largest absolute Gasteiger partial charge is 0.494 e. The molecule has 0 radical (unpaired) electrons. The predicted molar refractivity (Wildman–Crippen MR) is 117 cm³/mol. The molecule has 2 amide bonds. The topological polar surface area (TPSA) is 111 Å². The molecule has 30 heavy (non-hydrogen) atoms. The van der Waals surface area contributed by atoms with Crippen LogP contribution >= 0.6 is 0 Å². The summed E-state index contributed by atoms with van der Waals surface area (Å²) in [5.41, 5.74) is 1.36. The molecule has 1 atom stereocenters. The maximum absolute atomic E-state index is 13.6. The van der Waals surface area contributed by atoms with Crippen LogP contribution in [0, 0.1) is 0 Å². The van der Waals surface area contributed by atoms with E-state index >= 15 is 0 Å². The van der Waals surface area contributed by atoms with Gasteiger partial charge >= 0.3 is 16.2 Å². The lowest BCUT2D eigenvalue weighted by molar-refractivity contribution is 0.225. The molecular formula is C21H27N4O4S+. The fourth-order valence-electron chi connectivity index (χ4n) is 4.73. The van der Waals surface area contributed by atoms with Gasteiger partial charge in [-0.1, -0.05) is 28.2 Å². The number of carbonyl (C=O) groups is 1. The molecule has 0 aromatic heterocycles. The molecule has 2 heterocycles. The normalized spacial score (nSPS) is 22.5. The zero-order valence-corrected chi connectivity index (χ0v) is 17.7. The maximum Gasteiger partial charge on any atom is 0.442 e. The Bertz CT molecular complexity index is 1070. The van der Waals surface area contributed by atoms with Crippen molar-refractivity contribution in [1.29, 1.82) is 0 Å². The van der Waals surface area contributed by atoms with E-state index in [0.29, 0.717) is 23.7 Å². The third kappa shape index (κ3) is 3.27. The molecule has 1 spiro atoms. The van der Waals surface area contributed by atoms with E-state index in [1.165, 1.54) is 0 Å². The van der Waals surface area contributed by atoms with E-state index in [1.54, 1.807) is 36.4 Å². The standard InChI is InChI=1S/C21H26N4O4S/c1-2-29-17-7-5-6-16(14-17)24-20(26)25(30(22,27)28)15-21(10-12-23-13-11-21)18-8-3-4-9-19(18)25/h3-9,14,23H,2,10-13,15H2,1H3,(H2-,22,24,26,27,28)/p+1. The van der Waals surface area contributed by atoms with E-state index in [9.17, 15) is 13.2 Å². The number of nitrogens with two attached hydrogens (primary N) is 1. The highest BCUT2D eigenvalue weighted by atomic mass is 32.2. The van der Waals surface area contributed by atoms with E-state index < -0.39 is 25.5 Å². The van der Waals surface area contributed by atoms with Crippen molar-refractivity contribution in [3.05, 3.63) is 54.1 Å². The molecule has 1 fully saturated rings. The Kier molecular flexibility index (Phi) is 5.31. The van der Waals surface area contributed by atoms with Gasteiger partial charge in [0, 0.05) is 23.4 Å². The average molecular weight is 432 g/mol. The lowest BCUT2D eigenvalue weighted by Gasteiger charge is -2.35. The fraction of sp³-hybridized carbons (Fsp3) is 0.381. The Morgan fingerprint density at radius 3 is 2.63 bits per heavy atom. The summed E-state index contributed by atoms with van der Waals surface area (Å²) in [5, 5.41) is 11.8. The summed E-state index contributed by atoms with van der Waals surface area (Å²) in [6, 6.07) is 13.5. The van der Waals surface area contributed by atoms with E-state index in [0.717, 1.165) is 31.5 Å². The lowest BCUT2D eigenvalue weighted by atomic mass is 9.75. The molecule has 4 N–H and O–H groups in total. The number of nitrogens with one attached hydrogen (secondary N) is 2. The number of ether oxygens (including phenoxy) is 1. The van der Waals surface area contributed by atoms with Crippen molar-refractivity contribution in [2.45, 2.75) is 25.2 Å². The first-order valence-corrected chi connectivity index (χ1v) is 11.6. The monoisotopic (exact) mass is 431 g/mol. The number of amides is 2. The van der Waals surface area contributed by atoms with E-state index in [-0.39, 0.29) is 6.54 Å². The van der Waals surface area contributed by atoms with Crippen molar-refractivity contribution >= 4 is 27.6 Å². The molecule has 0 bridgehead atoms. The zero-order valence-electron chi connectivity index (χ0n) is 16.9. The van der Waals surface area contributed by atoms with Crippen LogP contribution in [0.4, 0.5) is 16.2 Å². The van der Waals surface area contributed by atoms with Gasteiger partial charge in [-0.15, -0.1) is 0 Å². The van der Waals surface area contributed by atoms with Crippen molar-refractivity contribution < 1.29 is 17.9 Å². The van der Waals surface area contributed by atoms with Gasteiger partial charge in [-0.05, 0) is 45.0 Å². The molecule has 9 heteroatoms. The summed E-state index contributed by atoms with van der Waals surface area (Å²) in [5.74, 6) is 0.592. The minimum absolute atomic E-state index is 0.0871. The number of para-hydroxylation sites is 1. The highest BCUT2D eigenvalue weighted by Gasteiger charge is 2.63. The lowest BCUT2D eigenvalue weighted by Crippen LogP contribution is -2.64. The van der Waals surface area contributed by atoms with E-state index in [1.807, 2.05) is 19.1 Å². The van der Waals surface area contributed by atoms with Crippen molar-refractivity contribution in [1.82, 2.24) is 9.21 Å². The molecule has 2 aliphatic heterocycles. The van der Waals surface area contributed by atoms with Gasteiger partial charge in [0.15, 0.2) is 5.69 Å². The van der Waals surface area contributed by atoms with Crippen LogP contribution in [0.2, 0.25) is 0 Å². The number of hydrogen-bond donors (Lipinski definition) is 3. The fourth-order valence-corrected chi connectivity index (χ4v) is 5.87. The SMILES string of the molecule is CCOc1cccc(NC(=O)[N+]2(S(N)(=O)=O)CC3(CCNCC3)c3ccccc32)c1. The van der Waals surface area contributed by atoms with Crippen LogP contribution in [0.15, 0.2) is 48.5 Å². The zero-order chi connectivity index (χ0) is 21.4. The van der Waals surface area contributed by atoms with Gasteiger partial charge in [-0.2, -0.15) is 13.6 Å². The summed E-state index contributed by atoms with van der Waals surface area (Å²) in [7, 11) is -4.32. The highest BCUT2D eigenvalue weighted by molar-refractivity contribution is 7.89. The molecule has 2 aromatic rings. The third-order valence-electron chi connectivity index (χ3n) is 6.11. The molecule has 4 rings (SSSR count). The van der Waals surface area contributed by atoms with Crippen LogP contribution in [-0.2, 0) is 15.6 Å². The second-order valence-corrected chi connectivity index (χ2v) is 9.50. The first-order valence-electron chi connectivity index (χ1n) is 10.1. The number of carbonyl (C=O) groups excluding carboxylic acids is 1. The van der Waals surface area contributed by atoms with Crippen molar-refractivity contribution in [2.75, 3.05) is 31.6 Å². The molecule has 8 nitrogen and oxygen atoms in total. The molecule has 2 aliphatic rings. The molecule has 2 aromatic carbocycles. The van der Waals surface area contributed by atoms with Gasteiger partial charge in [-0.25, -0.2) is 4.79 Å². The van der Waals surface area contributed by atoms with Gasteiger partial charge in [-0.3, -0.25) is 5.32 Å². The van der Waals surface area contributed by atoms with Crippen LogP contribution in [0.1, 0.15) is 25.3 Å². The molecule has 0 saturated carbocycles. The predicted octanol–water partition coefficient (Wildman–Crippen LogP) is 2.46. The second kappa shape index (κ2) is 7.66. The number of rotatable bonds is 4. The van der Waals surface area contributed by atoms with Gasteiger partial charge in [0.25, 0.3) is 0 Å². The Balaban J connectivity index is 1.80. The first-order chi connectivity index (χ1) is 14.3. The second-order valence-electron chi connectivity index (χ2n) is 7.85. The summed E-state index contributed by atoms with van der Waals surface area (Å²) in [4.78, 5) is 13.6. The van der Waals surface area contributed by atoms with Gasteiger partial charge in [0.05, 0.1) is 12.0 Å². The Morgan fingerprint density at radius 2 is 1.93 bits per heavy atom. The van der Waals surface area contributed by atoms with Crippen molar-refractivity contribution in [3.8, 4) is 5.75 Å². The average Bonchev–Trinajstić information content (AvgIpc) is 3.01. The van der Waals surface area contributed by atoms with Crippen LogP contribution in [0.3, 0.4) is 0 Å². The van der Waals surface area contributed by atoms with Crippen molar-refractivity contribution in [2.24, 2.45) is 5.14 Å². The summed E-state index contributed by atoms with van der Waals surface area (Å²) >= 11 is 0. The number of urea groups is 1. The number of piperidine rings is 1. The summed E-state index contributed by atoms with van der Waals surface area (Å²) < 4.78 is 30.5. The minimum atomic E-state index is -4.32.